The van der Waals surface area contributed by atoms with Crippen LogP contribution in [0.2, 0.25) is 0 Å². The Morgan fingerprint density at radius 3 is 2.40 bits per heavy atom. The minimum atomic E-state index is 0.185. The smallest absolute Gasteiger partial charge is 0.227 e. The number of piperazine rings is 1. The maximum Gasteiger partial charge on any atom is 0.227 e. The van der Waals surface area contributed by atoms with Crippen LogP contribution >= 0.6 is 0 Å². The number of carbonyl (C=O) groups excluding carboxylic acids is 1. The van der Waals surface area contributed by atoms with E-state index in [1.165, 1.54) is 0 Å². The molecule has 2 aromatic rings. The van der Waals surface area contributed by atoms with Gasteiger partial charge in [-0.15, -0.1) is 0 Å². The fourth-order valence-corrected chi connectivity index (χ4v) is 2.95. The molecule has 0 radical (unpaired) electrons. The van der Waals surface area contributed by atoms with Crippen molar-refractivity contribution in [1.29, 1.82) is 0 Å². The van der Waals surface area contributed by atoms with Gasteiger partial charge in [0.2, 0.25) is 11.9 Å². The average molecular weight is 339 g/mol. The van der Waals surface area contributed by atoms with Crippen LogP contribution in [0.15, 0.2) is 36.4 Å². The summed E-state index contributed by atoms with van der Waals surface area (Å²) < 4.78 is 0. The normalized spacial score (nSPS) is 14.5. The van der Waals surface area contributed by atoms with Gasteiger partial charge in [0.25, 0.3) is 0 Å². The van der Waals surface area contributed by atoms with E-state index < -0.39 is 0 Å². The second-order valence-electron chi connectivity index (χ2n) is 6.59. The Balaban J connectivity index is 1.61. The number of anilines is 2. The number of amides is 1. The first-order chi connectivity index (χ1) is 12.0. The van der Waals surface area contributed by atoms with Crippen LogP contribution in [-0.4, -0.2) is 61.0 Å². The summed E-state index contributed by atoms with van der Waals surface area (Å²) in [4.78, 5) is 27.8. The molecule has 6 heteroatoms. The van der Waals surface area contributed by atoms with Crippen molar-refractivity contribution < 1.29 is 4.79 Å². The predicted octanol–water partition coefficient (Wildman–Crippen LogP) is 1.74. The molecule has 3 rings (SSSR count). The molecule has 0 aliphatic carbocycles. The van der Waals surface area contributed by atoms with Crippen molar-refractivity contribution in [3.05, 3.63) is 47.7 Å². The maximum atomic E-state index is 12.5. The molecule has 0 unspecified atom stereocenters. The van der Waals surface area contributed by atoms with Crippen LogP contribution in [-0.2, 0) is 11.2 Å². The van der Waals surface area contributed by atoms with E-state index in [0.29, 0.717) is 19.5 Å². The van der Waals surface area contributed by atoms with E-state index in [0.717, 1.165) is 36.1 Å². The van der Waals surface area contributed by atoms with Crippen LogP contribution in [0.3, 0.4) is 0 Å². The highest BCUT2D eigenvalue weighted by Crippen LogP contribution is 2.17. The number of carbonyl (C=O) groups is 1. The zero-order valence-electron chi connectivity index (χ0n) is 15.1. The quantitative estimate of drug-likeness (QED) is 0.849. The highest BCUT2D eigenvalue weighted by Gasteiger charge is 2.23. The second-order valence-corrected chi connectivity index (χ2v) is 6.59. The summed E-state index contributed by atoms with van der Waals surface area (Å²) >= 11 is 0. The van der Waals surface area contributed by atoms with Gasteiger partial charge in [0.1, 0.15) is 5.82 Å². The predicted molar refractivity (Wildman–Crippen MR) is 100 cm³/mol. The van der Waals surface area contributed by atoms with E-state index in [9.17, 15) is 4.79 Å². The van der Waals surface area contributed by atoms with Gasteiger partial charge >= 0.3 is 0 Å². The maximum absolute atomic E-state index is 12.5. The summed E-state index contributed by atoms with van der Waals surface area (Å²) in [5.74, 6) is 1.84. The van der Waals surface area contributed by atoms with E-state index in [1.807, 2.05) is 67.2 Å². The highest BCUT2D eigenvalue weighted by molar-refractivity contribution is 5.79. The van der Waals surface area contributed by atoms with Crippen LogP contribution in [0, 0.1) is 6.92 Å². The number of rotatable bonds is 4. The zero-order chi connectivity index (χ0) is 17.8. The summed E-state index contributed by atoms with van der Waals surface area (Å²) in [6, 6.07) is 11.9. The molecule has 1 saturated heterocycles. The molecule has 0 bridgehead atoms. The molecule has 1 aromatic heterocycles. The number of benzene rings is 1. The molecule has 1 aliphatic heterocycles. The number of aryl methyl sites for hydroxylation is 1. The molecule has 1 amide bonds. The first-order valence-electron chi connectivity index (χ1n) is 8.62. The Morgan fingerprint density at radius 1 is 1.08 bits per heavy atom. The third-order valence-corrected chi connectivity index (χ3v) is 4.40. The van der Waals surface area contributed by atoms with Crippen LogP contribution < -0.4 is 9.80 Å². The van der Waals surface area contributed by atoms with Gasteiger partial charge < -0.3 is 14.7 Å². The number of hydrogen-bond donors (Lipinski definition) is 0. The van der Waals surface area contributed by atoms with Crippen LogP contribution in [0.5, 0.6) is 0 Å². The topological polar surface area (TPSA) is 52.6 Å². The average Bonchev–Trinajstić information content (AvgIpc) is 2.62. The van der Waals surface area contributed by atoms with Gasteiger partial charge in [0.15, 0.2) is 0 Å². The number of hydrogen-bond acceptors (Lipinski definition) is 5. The lowest BCUT2D eigenvalue weighted by Gasteiger charge is -2.35. The Hall–Kier alpha value is -2.63. The first-order valence-corrected chi connectivity index (χ1v) is 8.62. The molecule has 1 aromatic carbocycles. The first kappa shape index (κ1) is 17.2. The monoisotopic (exact) mass is 339 g/mol. The van der Waals surface area contributed by atoms with Gasteiger partial charge in [-0.05, 0) is 12.5 Å². The minimum absolute atomic E-state index is 0.185. The van der Waals surface area contributed by atoms with Gasteiger partial charge in [-0.25, -0.2) is 4.98 Å². The number of nitrogens with zero attached hydrogens (tertiary/aromatic N) is 5. The molecular weight excluding hydrogens is 314 g/mol. The summed E-state index contributed by atoms with van der Waals surface area (Å²) in [5.41, 5.74) is 2.02. The number of aromatic nitrogens is 2. The van der Waals surface area contributed by atoms with E-state index in [4.69, 9.17) is 0 Å². The Morgan fingerprint density at radius 2 is 1.76 bits per heavy atom. The van der Waals surface area contributed by atoms with Crippen molar-refractivity contribution >= 4 is 17.7 Å². The van der Waals surface area contributed by atoms with E-state index in [1.54, 1.807) is 0 Å². The third-order valence-electron chi connectivity index (χ3n) is 4.40. The van der Waals surface area contributed by atoms with Gasteiger partial charge in [-0.3, -0.25) is 4.79 Å². The summed E-state index contributed by atoms with van der Waals surface area (Å²) in [6.07, 6.45) is 0.465. The second kappa shape index (κ2) is 7.51. The highest BCUT2D eigenvalue weighted by atomic mass is 16.2. The lowest BCUT2D eigenvalue weighted by molar-refractivity contribution is -0.130. The molecule has 0 atom stereocenters. The van der Waals surface area contributed by atoms with Crippen molar-refractivity contribution in [3.8, 4) is 0 Å². The Bertz CT molecular complexity index is 724. The largest absolute Gasteiger partial charge is 0.363 e. The fraction of sp³-hybridized carbons (Fsp3) is 0.421. The Labute approximate surface area is 149 Å². The van der Waals surface area contributed by atoms with E-state index in [2.05, 4.69) is 14.9 Å². The molecule has 2 heterocycles. The molecule has 1 fully saturated rings. The molecule has 25 heavy (non-hydrogen) atoms. The van der Waals surface area contributed by atoms with Crippen LogP contribution in [0.25, 0.3) is 0 Å². The molecule has 1 aliphatic rings. The summed E-state index contributed by atoms with van der Waals surface area (Å²) in [7, 11) is 3.96. The van der Waals surface area contributed by atoms with Crippen molar-refractivity contribution in [2.24, 2.45) is 0 Å². The molecule has 0 spiro atoms. The van der Waals surface area contributed by atoms with Gasteiger partial charge in [-0.2, -0.15) is 4.98 Å². The summed E-state index contributed by atoms with van der Waals surface area (Å²) in [5, 5.41) is 0. The van der Waals surface area contributed by atoms with Gasteiger partial charge in [-0.1, -0.05) is 30.3 Å². The van der Waals surface area contributed by atoms with Crippen molar-refractivity contribution in [1.82, 2.24) is 14.9 Å². The van der Waals surface area contributed by atoms with E-state index >= 15 is 0 Å². The SMILES string of the molecule is Cc1cc(N(C)C)nc(N2CCN(C(=O)Cc3ccccc3)CC2)n1. The van der Waals surface area contributed by atoms with Crippen LogP contribution in [0.1, 0.15) is 11.3 Å². The molecule has 0 N–H and O–H groups in total. The molecule has 6 nitrogen and oxygen atoms in total. The van der Waals surface area contributed by atoms with Crippen molar-refractivity contribution in [2.75, 3.05) is 50.1 Å². The molecule has 0 saturated carbocycles. The van der Waals surface area contributed by atoms with Gasteiger partial charge in [0.05, 0.1) is 6.42 Å². The van der Waals surface area contributed by atoms with Gasteiger partial charge in [0, 0.05) is 52.0 Å². The van der Waals surface area contributed by atoms with Crippen molar-refractivity contribution in [2.45, 2.75) is 13.3 Å². The minimum Gasteiger partial charge on any atom is -0.363 e. The van der Waals surface area contributed by atoms with Crippen LogP contribution in [0.4, 0.5) is 11.8 Å². The third kappa shape index (κ3) is 4.26. The lowest BCUT2D eigenvalue weighted by Crippen LogP contribution is -2.49. The molecular formula is C19H25N5O. The molecule has 132 valence electrons. The Kier molecular flexibility index (Phi) is 5.16. The standard InChI is InChI=1S/C19H25N5O/c1-15-13-17(22(2)3)21-19(20-15)24-11-9-23(10-12-24)18(25)14-16-7-5-4-6-8-16/h4-8,13H,9-12,14H2,1-3H3. The zero-order valence-corrected chi connectivity index (χ0v) is 15.1. The lowest BCUT2D eigenvalue weighted by atomic mass is 10.1. The summed E-state index contributed by atoms with van der Waals surface area (Å²) in [6.45, 7) is 4.92. The van der Waals surface area contributed by atoms with Crippen molar-refractivity contribution in [3.63, 3.8) is 0 Å². The fourth-order valence-electron chi connectivity index (χ4n) is 2.95. The van der Waals surface area contributed by atoms with E-state index in [-0.39, 0.29) is 5.91 Å².